The lowest BCUT2D eigenvalue weighted by atomic mass is 10.0. The topological polar surface area (TPSA) is 105 Å². The van der Waals surface area contributed by atoms with Gasteiger partial charge in [0, 0.05) is 0 Å². The van der Waals surface area contributed by atoms with Crippen LogP contribution in [0.1, 0.15) is 0 Å². The molecule has 1 heterocycles. The largest absolute Gasteiger partial charge is 1.00 e. The first kappa shape index (κ1) is 15.8. The van der Waals surface area contributed by atoms with E-state index >= 15 is 0 Å². The molecule has 13 heavy (non-hydrogen) atoms. The maximum absolute atomic E-state index is 9.33. The van der Waals surface area contributed by atoms with E-state index in [-0.39, 0.29) is 43.5 Å². The summed E-state index contributed by atoms with van der Waals surface area (Å²) in [5.74, 6) is 0. The number of nitrogens with two attached hydrogens (primary N) is 1. The van der Waals surface area contributed by atoms with Gasteiger partial charge in [0.2, 0.25) is 0 Å². The molecule has 0 saturated carbocycles. The molecule has 0 radical (unpaired) electrons. The lowest BCUT2D eigenvalue weighted by molar-refractivity contribution is -0.703. The molecule has 7 heteroatoms. The average molecular weight is 235 g/mol. The van der Waals surface area contributed by atoms with Gasteiger partial charge in [0.15, 0.2) is 12.1 Å². The van der Waals surface area contributed by atoms with Gasteiger partial charge < -0.3 is 51.2 Å². The average Bonchev–Trinajstić information content (AvgIpc) is 2.32. The fourth-order valence-corrected chi connectivity index (χ4v) is 1.42. The summed E-state index contributed by atoms with van der Waals surface area (Å²) < 4.78 is 0. The third-order valence-electron chi connectivity index (χ3n) is 2.22. The first-order valence-corrected chi connectivity index (χ1v) is 3.80. The lowest BCUT2D eigenvalue weighted by Gasteiger charge is -2.14. The summed E-state index contributed by atoms with van der Waals surface area (Å²) in [6, 6.07) is -0.364. The molecular formula is C6H16Cl2N2O3. The molecule has 0 amide bonds. The van der Waals surface area contributed by atoms with Crippen LogP contribution in [0.2, 0.25) is 0 Å². The highest BCUT2D eigenvalue weighted by Gasteiger charge is 2.42. The minimum absolute atomic E-state index is 0. The molecule has 8 N–H and O–H groups in total. The van der Waals surface area contributed by atoms with Crippen LogP contribution < -0.4 is 35.9 Å². The Kier molecular flexibility index (Phi) is 8.26. The van der Waals surface area contributed by atoms with Gasteiger partial charge in [-0.25, -0.2) is 0 Å². The monoisotopic (exact) mass is 234 g/mol. The van der Waals surface area contributed by atoms with Gasteiger partial charge in [-0.3, -0.25) is 0 Å². The molecule has 1 aliphatic heterocycles. The van der Waals surface area contributed by atoms with Gasteiger partial charge in [-0.2, -0.15) is 0 Å². The summed E-state index contributed by atoms with van der Waals surface area (Å²) in [4.78, 5) is 0. The Bertz CT molecular complexity index is 141. The smallest absolute Gasteiger partial charge is 0.169 e. The number of rotatable bonds is 2. The first-order chi connectivity index (χ1) is 5.16. The molecule has 0 aromatic carbocycles. The molecule has 5 nitrogen and oxygen atoms in total. The number of aliphatic hydroxyl groups is 3. The fourth-order valence-electron chi connectivity index (χ4n) is 1.42. The number of hydrogen-bond donors (Lipinski definition) is 5. The van der Waals surface area contributed by atoms with E-state index < -0.39 is 12.2 Å². The Morgan fingerprint density at radius 2 is 1.92 bits per heavy atom. The molecule has 1 rings (SSSR count). The van der Waals surface area contributed by atoms with Gasteiger partial charge in [-0.15, -0.1) is 0 Å². The molecule has 4 atom stereocenters. The van der Waals surface area contributed by atoms with Crippen LogP contribution in [-0.4, -0.2) is 52.8 Å². The maximum Gasteiger partial charge on any atom is 0.169 e. The lowest BCUT2D eigenvalue weighted by Crippen LogP contribution is -3.00. The highest BCUT2D eigenvalue weighted by Crippen LogP contribution is 2.02. The molecule has 1 saturated heterocycles. The van der Waals surface area contributed by atoms with Crippen molar-refractivity contribution < 1.29 is 51.2 Å². The van der Waals surface area contributed by atoms with E-state index in [0.717, 1.165) is 0 Å². The Morgan fingerprint density at radius 3 is 2.23 bits per heavy atom. The quantitative estimate of drug-likeness (QED) is 0.328. The highest BCUT2D eigenvalue weighted by atomic mass is 35.5. The molecule has 1 fully saturated rings. The van der Waals surface area contributed by atoms with Crippen LogP contribution in [0.4, 0.5) is 0 Å². The highest BCUT2D eigenvalue weighted by molar-refractivity contribution is 4.83. The number of halogens is 2. The normalized spacial score (nSPS) is 34.6. The van der Waals surface area contributed by atoms with Gasteiger partial charge in [0.05, 0.1) is 0 Å². The Hall–Kier alpha value is 0.380. The van der Waals surface area contributed by atoms with Crippen molar-refractivity contribution in [2.24, 2.45) is 0 Å². The molecule has 0 aliphatic carbocycles. The maximum atomic E-state index is 9.33. The SMILES string of the molecule is [Cl-].[Cl-].[NH3+][C@@H](CO)[C@@H]1[NH2+]C[C@H](O)[C@@H]1O. The molecule has 1 aliphatic rings. The van der Waals surface area contributed by atoms with Crippen LogP contribution in [0.3, 0.4) is 0 Å². The van der Waals surface area contributed by atoms with Crippen molar-refractivity contribution in [3.05, 3.63) is 0 Å². The van der Waals surface area contributed by atoms with E-state index in [1.807, 2.05) is 5.32 Å². The second-order valence-electron chi connectivity index (χ2n) is 3.05. The van der Waals surface area contributed by atoms with E-state index in [9.17, 15) is 5.11 Å². The second kappa shape index (κ2) is 6.78. The minimum atomic E-state index is -0.746. The van der Waals surface area contributed by atoms with Crippen molar-refractivity contribution in [3.8, 4) is 0 Å². The summed E-state index contributed by atoms with van der Waals surface area (Å²) >= 11 is 0. The van der Waals surface area contributed by atoms with Crippen molar-refractivity contribution in [1.29, 1.82) is 0 Å². The van der Waals surface area contributed by atoms with E-state index in [0.29, 0.717) is 6.54 Å². The zero-order valence-electron chi connectivity index (χ0n) is 7.11. The molecule has 0 bridgehead atoms. The third-order valence-corrected chi connectivity index (χ3v) is 2.22. The summed E-state index contributed by atoms with van der Waals surface area (Å²) in [6.45, 7) is 0.447. The van der Waals surface area contributed by atoms with E-state index in [4.69, 9.17) is 10.2 Å². The van der Waals surface area contributed by atoms with Crippen molar-refractivity contribution in [3.63, 3.8) is 0 Å². The molecule has 82 valence electrons. The van der Waals surface area contributed by atoms with E-state index in [1.165, 1.54) is 0 Å². The zero-order chi connectivity index (χ0) is 8.43. The van der Waals surface area contributed by atoms with Crippen LogP contribution in [0.5, 0.6) is 0 Å². The van der Waals surface area contributed by atoms with Crippen LogP contribution in [-0.2, 0) is 0 Å². The minimum Gasteiger partial charge on any atom is -1.00 e. The molecular weight excluding hydrogens is 219 g/mol. The molecule has 0 unspecified atom stereocenters. The summed E-state index contributed by atoms with van der Waals surface area (Å²) in [5.41, 5.74) is 3.67. The van der Waals surface area contributed by atoms with Gasteiger partial charge in [0.1, 0.15) is 25.4 Å². The van der Waals surface area contributed by atoms with E-state index in [2.05, 4.69) is 5.73 Å². The summed E-state index contributed by atoms with van der Waals surface area (Å²) in [5, 5.41) is 29.0. The van der Waals surface area contributed by atoms with Crippen LogP contribution in [0.25, 0.3) is 0 Å². The van der Waals surface area contributed by atoms with Crippen molar-refractivity contribution in [2.45, 2.75) is 24.3 Å². The second-order valence-corrected chi connectivity index (χ2v) is 3.05. The summed E-state index contributed by atoms with van der Waals surface area (Å²) in [6.07, 6.45) is -1.42. The fraction of sp³-hybridized carbons (Fsp3) is 1.00. The van der Waals surface area contributed by atoms with Gasteiger partial charge in [-0.05, 0) is 0 Å². The van der Waals surface area contributed by atoms with Crippen LogP contribution in [0.15, 0.2) is 0 Å². The van der Waals surface area contributed by atoms with E-state index in [1.54, 1.807) is 0 Å². The Balaban J connectivity index is 0. The predicted octanol–water partition coefficient (Wildman–Crippen LogP) is -10.7. The Morgan fingerprint density at radius 1 is 1.38 bits per heavy atom. The number of hydrogen-bond acceptors (Lipinski definition) is 3. The van der Waals surface area contributed by atoms with Gasteiger partial charge in [-0.1, -0.05) is 0 Å². The van der Waals surface area contributed by atoms with Crippen molar-refractivity contribution in [2.75, 3.05) is 13.2 Å². The molecule has 0 aromatic heterocycles. The third kappa shape index (κ3) is 3.55. The summed E-state index contributed by atoms with van der Waals surface area (Å²) in [7, 11) is 0. The number of aliphatic hydroxyl groups excluding tert-OH is 3. The van der Waals surface area contributed by atoms with Gasteiger partial charge in [0.25, 0.3) is 0 Å². The predicted molar refractivity (Wildman–Crippen MR) is 36.4 cm³/mol. The van der Waals surface area contributed by atoms with Crippen molar-refractivity contribution in [1.82, 2.24) is 0 Å². The standard InChI is InChI=1S/C6H14N2O3.2ClH/c7-3(2-9)5-6(11)4(10)1-8-5;;/h3-6,8-11H,1-2,7H2;2*1H/t3-,4-,5-,6-;;/m0../s1. The van der Waals surface area contributed by atoms with Crippen LogP contribution in [0, 0.1) is 0 Å². The first-order valence-electron chi connectivity index (χ1n) is 3.80. The number of quaternary nitrogens is 2. The molecule has 0 aromatic rings. The van der Waals surface area contributed by atoms with Gasteiger partial charge >= 0.3 is 0 Å². The zero-order valence-corrected chi connectivity index (χ0v) is 8.62. The Labute approximate surface area is 89.1 Å². The van der Waals surface area contributed by atoms with Crippen LogP contribution >= 0.6 is 0 Å². The molecule has 0 spiro atoms. The van der Waals surface area contributed by atoms with Crippen molar-refractivity contribution >= 4 is 0 Å².